The third-order valence-electron chi connectivity index (χ3n) is 4.32. The van der Waals surface area contributed by atoms with E-state index in [1.54, 1.807) is 17.7 Å². The molecule has 0 amide bonds. The second kappa shape index (κ2) is 5.19. The standard InChI is InChI=1S/C15H19N3O2S/c1-2-11-7-12-13(16-10-17-14(12)21-11)18-4-6-20-15(8-18)3-5-19-9-15/h7,10H,2-6,8-9H2,1H3. The second-order valence-corrected chi connectivity index (χ2v) is 6.85. The van der Waals surface area contributed by atoms with Crippen molar-refractivity contribution in [1.29, 1.82) is 0 Å². The molecule has 2 fully saturated rings. The van der Waals surface area contributed by atoms with Gasteiger partial charge in [-0.25, -0.2) is 9.97 Å². The number of aryl methyl sites for hydroxylation is 1. The maximum absolute atomic E-state index is 6.01. The Kier molecular flexibility index (Phi) is 3.32. The normalized spacial score (nSPS) is 26.0. The van der Waals surface area contributed by atoms with E-state index in [0.717, 1.165) is 49.8 Å². The van der Waals surface area contributed by atoms with Gasteiger partial charge in [-0.1, -0.05) is 6.92 Å². The molecule has 0 saturated carbocycles. The lowest BCUT2D eigenvalue weighted by molar-refractivity contribution is -0.0580. The smallest absolute Gasteiger partial charge is 0.140 e. The van der Waals surface area contributed by atoms with E-state index in [1.165, 1.54) is 10.3 Å². The van der Waals surface area contributed by atoms with Crippen molar-refractivity contribution in [2.45, 2.75) is 25.4 Å². The Morgan fingerprint density at radius 3 is 3.14 bits per heavy atom. The van der Waals surface area contributed by atoms with Gasteiger partial charge in [-0.2, -0.15) is 0 Å². The summed E-state index contributed by atoms with van der Waals surface area (Å²) in [4.78, 5) is 13.8. The van der Waals surface area contributed by atoms with Crippen molar-refractivity contribution < 1.29 is 9.47 Å². The zero-order chi connectivity index (χ0) is 14.3. The van der Waals surface area contributed by atoms with Gasteiger partial charge in [-0.15, -0.1) is 11.3 Å². The van der Waals surface area contributed by atoms with Gasteiger partial charge in [0, 0.05) is 24.4 Å². The molecule has 1 atom stereocenters. The Balaban J connectivity index is 1.70. The molecular formula is C15H19N3O2S. The van der Waals surface area contributed by atoms with Crippen LogP contribution < -0.4 is 4.90 Å². The van der Waals surface area contributed by atoms with Gasteiger partial charge in [0.1, 0.15) is 22.6 Å². The van der Waals surface area contributed by atoms with Crippen LogP contribution in [0.5, 0.6) is 0 Å². The summed E-state index contributed by atoms with van der Waals surface area (Å²) < 4.78 is 11.6. The first-order chi connectivity index (χ1) is 10.3. The molecule has 5 nitrogen and oxygen atoms in total. The van der Waals surface area contributed by atoms with E-state index in [0.29, 0.717) is 6.61 Å². The first-order valence-corrected chi connectivity index (χ1v) is 8.31. The highest BCUT2D eigenvalue weighted by atomic mass is 32.1. The Morgan fingerprint density at radius 1 is 1.38 bits per heavy atom. The van der Waals surface area contributed by atoms with Gasteiger partial charge in [0.05, 0.1) is 25.1 Å². The maximum atomic E-state index is 6.01. The number of nitrogens with zero attached hydrogens (tertiary/aromatic N) is 3. The third-order valence-corrected chi connectivity index (χ3v) is 5.51. The number of rotatable bonds is 2. The van der Waals surface area contributed by atoms with E-state index in [4.69, 9.17) is 9.47 Å². The van der Waals surface area contributed by atoms with E-state index in [-0.39, 0.29) is 5.60 Å². The highest BCUT2D eigenvalue weighted by Crippen LogP contribution is 2.34. The molecule has 0 radical (unpaired) electrons. The molecule has 2 aliphatic heterocycles. The molecule has 2 aliphatic rings. The van der Waals surface area contributed by atoms with Gasteiger partial charge in [-0.05, 0) is 12.5 Å². The first-order valence-electron chi connectivity index (χ1n) is 7.50. The summed E-state index contributed by atoms with van der Waals surface area (Å²) in [6.45, 7) is 6.14. The van der Waals surface area contributed by atoms with Gasteiger partial charge in [0.2, 0.25) is 0 Å². The lowest BCUT2D eigenvalue weighted by Crippen LogP contribution is -2.52. The van der Waals surface area contributed by atoms with Gasteiger partial charge >= 0.3 is 0 Å². The summed E-state index contributed by atoms with van der Waals surface area (Å²) in [5, 5.41) is 1.18. The largest absolute Gasteiger partial charge is 0.378 e. The van der Waals surface area contributed by atoms with Crippen LogP contribution in [0.15, 0.2) is 12.4 Å². The monoisotopic (exact) mass is 305 g/mol. The first kappa shape index (κ1) is 13.4. The number of hydrogen-bond acceptors (Lipinski definition) is 6. The number of ether oxygens (including phenoxy) is 2. The van der Waals surface area contributed by atoms with E-state index in [2.05, 4.69) is 27.9 Å². The fourth-order valence-electron chi connectivity index (χ4n) is 3.17. The molecule has 1 unspecified atom stereocenters. The van der Waals surface area contributed by atoms with Gasteiger partial charge in [0.15, 0.2) is 0 Å². The molecule has 6 heteroatoms. The summed E-state index contributed by atoms with van der Waals surface area (Å²) in [5.41, 5.74) is -0.140. The predicted molar refractivity (Wildman–Crippen MR) is 83.1 cm³/mol. The number of fused-ring (bicyclic) bond motifs is 1. The molecule has 0 bridgehead atoms. The minimum absolute atomic E-state index is 0.140. The highest BCUT2D eigenvalue weighted by Gasteiger charge is 2.41. The lowest BCUT2D eigenvalue weighted by Gasteiger charge is -2.40. The van der Waals surface area contributed by atoms with E-state index in [9.17, 15) is 0 Å². The van der Waals surface area contributed by atoms with Crippen molar-refractivity contribution in [3.8, 4) is 0 Å². The second-order valence-electron chi connectivity index (χ2n) is 5.74. The van der Waals surface area contributed by atoms with E-state index in [1.807, 2.05) is 0 Å². The summed E-state index contributed by atoms with van der Waals surface area (Å²) >= 11 is 1.77. The van der Waals surface area contributed by atoms with Crippen LogP contribution in [-0.2, 0) is 15.9 Å². The predicted octanol–water partition coefficient (Wildman–Crippen LogP) is 2.25. The van der Waals surface area contributed by atoms with Gasteiger partial charge in [-0.3, -0.25) is 0 Å². The van der Waals surface area contributed by atoms with Gasteiger partial charge < -0.3 is 14.4 Å². The molecule has 112 valence electrons. The molecule has 21 heavy (non-hydrogen) atoms. The molecule has 2 aromatic heterocycles. The molecule has 0 N–H and O–H groups in total. The summed E-state index contributed by atoms with van der Waals surface area (Å²) in [6, 6.07) is 2.24. The van der Waals surface area contributed by atoms with Crippen molar-refractivity contribution >= 4 is 27.4 Å². The van der Waals surface area contributed by atoms with Crippen molar-refractivity contribution in [3.63, 3.8) is 0 Å². The Labute approximate surface area is 127 Å². The van der Waals surface area contributed by atoms with Crippen molar-refractivity contribution in [2.75, 3.05) is 37.8 Å². The van der Waals surface area contributed by atoms with Crippen LogP contribution in [0.25, 0.3) is 10.2 Å². The molecule has 0 aromatic carbocycles. The Hall–Kier alpha value is -1.24. The van der Waals surface area contributed by atoms with E-state index >= 15 is 0 Å². The van der Waals surface area contributed by atoms with Crippen molar-refractivity contribution in [3.05, 3.63) is 17.3 Å². The van der Waals surface area contributed by atoms with Crippen LogP contribution in [-0.4, -0.2) is 48.5 Å². The lowest BCUT2D eigenvalue weighted by atomic mass is 10.0. The zero-order valence-corrected chi connectivity index (χ0v) is 13.0. The van der Waals surface area contributed by atoms with Crippen LogP contribution >= 0.6 is 11.3 Å². The molecule has 2 saturated heterocycles. The highest BCUT2D eigenvalue weighted by molar-refractivity contribution is 7.18. The number of thiophene rings is 1. The SMILES string of the molecule is CCc1cc2c(N3CCOC4(CCOC4)C3)ncnc2s1. The quantitative estimate of drug-likeness (QED) is 0.851. The fourth-order valence-corrected chi connectivity index (χ4v) is 4.10. The molecule has 4 heterocycles. The molecule has 0 aliphatic carbocycles. The number of hydrogen-bond donors (Lipinski definition) is 0. The molecule has 2 aromatic rings. The zero-order valence-electron chi connectivity index (χ0n) is 12.2. The molecular weight excluding hydrogens is 286 g/mol. The maximum Gasteiger partial charge on any atom is 0.140 e. The molecule has 4 rings (SSSR count). The topological polar surface area (TPSA) is 47.5 Å². The van der Waals surface area contributed by atoms with Gasteiger partial charge in [0.25, 0.3) is 0 Å². The Bertz CT molecular complexity index is 651. The van der Waals surface area contributed by atoms with Crippen molar-refractivity contribution in [1.82, 2.24) is 9.97 Å². The van der Waals surface area contributed by atoms with E-state index < -0.39 is 0 Å². The van der Waals surface area contributed by atoms with Crippen LogP contribution in [0, 0.1) is 0 Å². The number of anilines is 1. The average Bonchev–Trinajstić information content (AvgIpc) is 3.13. The fraction of sp³-hybridized carbons (Fsp3) is 0.600. The summed E-state index contributed by atoms with van der Waals surface area (Å²) in [7, 11) is 0. The third kappa shape index (κ3) is 2.31. The van der Waals surface area contributed by atoms with Crippen LogP contribution in [0.3, 0.4) is 0 Å². The molecule has 1 spiro atoms. The van der Waals surface area contributed by atoms with Crippen LogP contribution in [0.2, 0.25) is 0 Å². The van der Waals surface area contributed by atoms with Crippen molar-refractivity contribution in [2.24, 2.45) is 0 Å². The summed E-state index contributed by atoms with van der Waals surface area (Å²) in [6.07, 6.45) is 3.70. The number of morpholine rings is 1. The minimum atomic E-state index is -0.140. The number of aromatic nitrogens is 2. The van der Waals surface area contributed by atoms with Crippen LogP contribution in [0.1, 0.15) is 18.2 Å². The minimum Gasteiger partial charge on any atom is -0.378 e. The van der Waals surface area contributed by atoms with Crippen LogP contribution in [0.4, 0.5) is 5.82 Å². The summed E-state index contributed by atoms with van der Waals surface area (Å²) in [5.74, 6) is 1.05. The Morgan fingerprint density at radius 2 is 2.33 bits per heavy atom. The average molecular weight is 305 g/mol.